The number of nitrogens with zero attached hydrogens (tertiary/aromatic N) is 2. The van der Waals surface area contributed by atoms with Gasteiger partial charge >= 0.3 is 6.36 Å². The number of amides is 1. The fraction of sp³-hybridized carbons (Fsp3) is 0.167. The highest BCUT2D eigenvalue weighted by atomic mass is 19.4. The zero-order valence-electron chi connectivity index (χ0n) is 14.5. The van der Waals surface area contributed by atoms with E-state index >= 15 is 0 Å². The second-order valence-electron chi connectivity index (χ2n) is 5.72. The number of aromatic nitrogens is 2. The Bertz CT molecular complexity index is 989. The summed E-state index contributed by atoms with van der Waals surface area (Å²) < 4.78 is 59.1. The van der Waals surface area contributed by atoms with Crippen LogP contribution in [0.1, 0.15) is 22.3 Å². The van der Waals surface area contributed by atoms with Crippen LogP contribution in [0.3, 0.4) is 0 Å². The SMILES string of the molecule is O=C(N[C@@H](CO)c1nc(-c2ccc(OC(F)(F)F)cc2)no1)c1ccccc1F. The Kier molecular flexibility index (Phi) is 5.78. The first kappa shape index (κ1) is 20.3. The number of rotatable bonds is 6. The first-order valence-corrected chi connectivity index (χ1v) is 8.13. The molecule has 0 fully saturated rings. The van der Waals surface area contributed by atoms with E-state index in [-0.39, 0.29) is 17.3 Å². The Morgan fingerprint density at radius 2 is 1.86 bits per heavy atom. The molecule has 2 N–H and O–H groups in total. The van der Waals surface area contributed by atoms with Gasteiger partial charge in [-0.15, -0.1) is 13.2 Å². The molecule has 1 atom stereocenters. The molecule has 0 aliphatic rings. The highest BCUT2D eigenvalue weighted by Gasteiger charge is 2.31. The molecule has 0 spiro atoms. The van der Waals surface area contributed by atoms with Gasteiger partial charge in [0, 0.05) is 5.56 Å². The lowest BCUT2D eigenvalue weighted by molar-refractivity contribution is -0.274. The summed E-state index contributed by atoms with van der Waals surface area (Å²) in [5.74, 6) is -2.11. The van der Waals surface area contributed by atoms with Gasteiger partial charge in [-0.1, -0.05) is 17.3 Å². The summed E-state index contributed by atoms with van der Waals surface area (Å²) in [6.45, 7) is -0.611. The van der Waals surface area contributed by atoms with Gasteiger partial charge in [0.1, 0.15) is 17.6 Å². The monoisotopic (exact) mass is 411 g/mol. The Labute approximate surface area is 160 Å². The maximum atomic E-state index is 13.7. The third-order valence-corrected chi connectivity index (χ3v) is 3.69. The molecule has 152 valence electrons. The van der Waals surface area contributed by atoms with E-state index in [0.717, 1.165) is 18.2 Å². The van der Waals surface area contributed by atoms with Gasteiger partial charge in [-0.25, -0.2) is 4.39 Å². The van der Waals surface area contributed by atoms with Crippen molar-refractivity contribution >= 4 is 5.91 Å². The normalized spacial score (nSPS) is 12.4. The highest BCUT2D eigenvalue weighted by Crippen LogP contribution is 2.26. The molecule has 0 saturated carbocycles. The lowest BCUT2D eigenvalue weighted by atomic mass is 10.2. The molecular formula is C18H13F4N3O4. The third kappa shape index (κ3) is 5.08. The Morgan fingerprint density at radius 1 is 1.17 bits per heavy atom. The Morgan fingerprint density at radius 3 is 2.48 bits per heavy atom. The van der Waals surface area contributed by atoms with E-state index < -0.39 is 36.5 Å². The molecule has 11 heteroatoms. The van der Waals surface area contributed by atoms with E-state index in [1.807, 2.05) is 0 Å². The van der Waals surface area contributed by atoms with Gasteiger partial charge in [0.2, 0.25) is 5.82 Å². The molecule has 0 unspecified atom stereocenters. The maximum Gasteiger partial charge on any atom is 0.573 e. The first-order chi connectivity index (χ1) is 13.8. The van der Waals surface area contributed by atoms with Crippen LogP contribution in [0.4, 0.5) is 17.6 Å². The van der Waals surface area contributed by atoms with Gasteiger partial charge in [-0.05, 0) is 36.4 Å². The van der Waals surface area contributed by atoms with Crippen molar-refractivity contribution in [2.24, 2.45) is 0 Å². The van der Waals surface area contributed by atoms with Crippen molar-refractivity contribution in [2.45, 2.75) is 12.4 Å². The van der Waals surface area contributed by atoms with E-state index in [9.17, 15) is 27.5 Å². The summed E-state index contributed by atoms with van der Waals surface area (Å²) in [6.07, 6.45) is -4.81. The minimum absolute atomic E-state index is 0.0112. The summed E-state index contributed by atoms with van der Waals surface area (Å²) in [6, 6.07) is 8.86. The Hall–Kier alpha value is -3.47. The predicted molar refractivity (Wildman–Crippen MR) is 90.1 cm³/mol. The van der Waals surface area contributed by atoms with Crippen molar-refractivity contribution in [3.8, 4) is 17.1 Å². The Balaban J connectivity index is 1.74. The number of hydrogen-bond acceptors (Lipinski definition) is 6. The van der Waals surface area contributed by atoms with Crippen LogP contribution < -0.4 is 10.1 Å². The van der Waals surface area contributed by atoms with Gasteiger partial charge in [-0.2, -0.15) is 4.98 Å². The van der Waals surface area contributed by atoms with Crippen LogP contribution in [0.2, 0.25) is 0 Å². The largest absolute Gasteiger partial charge is 0.573 e. The van der Waals surface area contributed by atoms with Crippen molar-refractivity contribution in [3.05, 3.63) is 65.8 Å². The number of aliphatic hydroxyl groups excluding tert-OH is 1. The first-order valence-electron chi connectivity index (χ1n) is 8.13. The van der Waals surface area contributed by atoms with Gasteiger partial charge < -0.3 is 19.7 Å². The second-order valence-corrected chi connectivity index (χ2v) is 5.72. The standard InChI is InChI=1S/C18H13F4N3O4/c19-13-4-2-1-3-12(13)16(27)23-14(9-26)17-24-15(25-29-17)10-5-7-11(8-6-10)28-18(20,21)22/h1-8,14,26H,9H2,(H,23,27)/t14-/m0/s1. The van der Waals surface area contributed by atoms with Gasteiger partial charge in [0.15, 0.2) is 0 Å². The van der Waals surface area contributed by atoms with Crippen LogP contribution >= 0.6 is 0 Å². The van der Waals surface area contributed by atoms with E-state index in [0.29, 0.717) is 5.56 Å². The number of alkyl halides is 3. The van der Waals surface area contributed by atoms with Crippen molar-refractivity contribution in [2.75, 3.05) is 6.61 Å². The maximum absolute atomic E-state index is 13.7. The number of ether oxygens (including phenoxy) is 1. The fourth-order valence-electron chi connectivity index (χ4n) is 2.37. The number of carbonyl (C=O) groups is 1. The van der Waals surface area contributed by atoms with Gasteiger partial charge in [0.05, 0.1) is 12.2 Å². The molecule has 3 rings (SSSR count). The smallest absolute Gasteiger partial charge is 0.406 e. The van der Waals surface area contributed by atoms with Gasteiger partial charge in [-0.3, -0.25) is 4.79 Å². The quantitative estimate of drug-likeness (QED) is 0.605. The molecule has 0 saturated heterocycles. The number of nitrogens with one attached hydrogen (secondary N) is 1. The zero-order chi connectivity index (χ0) is 21.0. The van der Waals surface area contributed by atoms with Gasteiger partial charge in [0.25, 0.3) is 11.8 Å². The van der Waals surface area contributed by atoms with Crippen LogP contribution in [0.5, 0.6) is 5.75 Å². The lowest BCUT2D eigenvalue weighted by Gasteiger charge is -2.12. The summed E-state index contributed by atoms with van der Waals surface area (Å²) >= 11 is 0. The van der Waals surface area contributed by atoms with E-state index in [1.54, 1.807) is 0 Å². The average molecular weight is 411 g/mol. The molecule has 0 aliphatic heterocycles. The third-order valence-electron chi connectivity index (χ3n) is 3.69. The van der Waals surface area contributed by atoms with Crippen LogP contribution in [0.25, 0.3) is 11.4 Å². The lowest BCUT2D eigenvalue weighted by Crippen LogP contribution is -2.31. The number of aliphatic hydroxyl groups is 1. The minimum Gasteiger partial charge on any atom is -0.406 e. The number of halogens is 4. The molecule has 3 aromatic rings. The van der Waals surface area contributed by atoms with Crippen LogP contribution in [0, 0.1) is 5.82 Å². The average Bonchev–Trinajstić information content (AvgIpc) is 3.15. The molecule has 7 nitrogen and oxygen atoms in total. The number of hydrogen-bond donors (Lipinski definition) is 2. The molecular weight excluding hydrogens is 398 g/mol. The number of carbonyl (C=O) groups excluding carboxylic acids is 1. The molecule has 1 amide bonds. The van der Waals surface area contributed by atoms with Crippen molar-refractivity contribution in [1.29, 1.82) is 0 Å². The minimum atomic E-state index is -4.81. The summed E-state index contributed by atoms with van der Waals surface area (Å²) in [5, 5.41) is 15.6. The van der Waals surface area contributed by atoms with Crippen LogP contribution in [0.15, 0.2) is 53.1 Å². The summed E-state index contributed by atoms with van der Waals surface area (Å²) in [5.41, 5.74) is 0.0811. The predicted octanol–water partition coefficient (Wildman–Crippen LogP) is 3.24. The molecule has 0 aliphatic carbocycles. The summed E-state index contributed by atoms with van der Waals surface area (Å²) in [7, 11) is 0. The van der Waals surface area contributed by atoms with Crippen molar-refractivity contribution < 1.29 is 36.7 Å². The topological polar surface area (TPSA) is 97.5 Å². The highest BCUT2D eigenvalue weighted by molar-refractivity contribution is 5.94. The molecule has 2 aromatic carbocycles. The van der Waals surface area contributed by atoms with Crippen molar-refractivity contribution in [3.63, 3.8) is 0 Å². The molecule has 0 radical (unpaired) electrons. The summed E-state index contributed by atoms with van der Waals surface area (Å²) in [4.78, 5) is 16.2. The number of benzene rings is 2. The van der Waals surface area contributed by atoms with Crippen LogP contribution in [-0.2, 0) is 0 Å². The van der Waals surface area contributed by atoms with Crippen molar-refractivity contribution in [1.82, 2.24) is 15.5 Å². The van der Waals surface area contributed by atoms with E-state index in [2.05, 4.69) is 20.2 Å². The fourth-order valence-corrected chi connectivity index (χ4v) is 2.37. The second kappa shape index (κ2) is 8.27. The molecule has 1 heterocycles. The molecule has 0 bridgehead atoms. The zero-order valence-corrected chi connectivity index (χ0v) is 14.5. The van der Waals surface area contributed by atoms with Crippen LogP contribution in [-0.4, -0.2) is 34.1 Å². The van der Waals surface area contributed by atoms with E-state index in [4.69, 9.17) is 4.52 Å². The molecule has 1 aromatic heterocycles. The molecule has 29 heavy (non-hydrogen) atoms. The van der Waals surface area contributed by atoms with E-state index in [1.165, 1.54) is 30.3 Å².